The van der Waals surface area contributed by atoms with Crippen molar-refractivity contribution in [2.24, 2.45) is 0 Å². The zero-order valence-corrected chi connectivity index (χ0v) is 12.5. The summed E-state index contributed by atoms with van der Waals surface area (Å²) >= 11 is 0. The average Bonchev–Trinajstić information content (AvgIpc) is 2.83. The molecular weight excluding hydrogens is 274 g/mol. The molecule has 0 spiro atoms. The maximum Gasteiger partial charge on any atom is 0.280 e. The molecule has 2 aliphatic heterocycles. The predicted octanol–water partition coefficient (Wildman–Crippen LogP) is 0.631. The first-order chi connectivity index (χ1) is 9.49. The number of hydrogen-bond donors (Lipinski definition) is 2. The number of fused-ring (bicyclic) bond motifs is 1. The molecule has 1 saturated heterocycles. The maximum absolute atomic E-state index is 12.5. The lowest BCUT2D eigenvalue weighted by atomic mass is 10.0. The number of rotatable bonds is 3. The number of nitrogens with one attached hydrogen (secondary N) is 2. The molecule has 2 heterocycles. The van der Waals surface area contributed by atoms with E-state index in [4.69, 9.17) is 0 Å². The maximum atomic E-state index is 12.5. The van der Waals surface area contributed by atoms with Crippen molar-refractivity contribution in [3.8, 4) is 0 Å². The highest BCUT2D eigenvalue weighted by molar-refractivity contribution is 7.87. The quantitative estimate of drug-likeness (QED) is 0.860. The Hall–Kier alpha value is -0.950. The van der Waals surface area contributed by atoms with Crippen LogP contribution in [-0.4, -0.2) is 37.9 Å². The molecule has 20 heavy (non-hydrogen) atoms. The molecule has 5 nitrogen and oxygen atoms in total. The zero-order valence-electron chi connectivity index (χ0n) is 11.7. The molecule has 1 aromatic rings. The average molecular weight is 295 g/mol. The third-order valence-electron chi connectivity index (χ3n) is 4.18. The van der Waals surface area contributed by atoms with E-state index >= 15 is 0 Å². The summed E-state index contributed by atoms with van der Waals surface area (Å²) in [6.07, 6.45) is 1.61. The fraction of sp³-hybridized carbons (Fsp3) is 0.571. The van der Waals surface area contributed by atoms with Gasteiger partial charge in [0.2, 0.25) is 0 Å². The summed E-state index contributed by atoms with van der Waals surface area (Å²) in [6.45, 7) is 4.53. The van der Waals surface area contributed by atoms with Gasteiger partial charge in [0, 0.05) is 25.2 Å². The van der Waals surface area contributed by atoms with Crippen LogP contribution in [0.5, 0.6) is 0 Å². The van der Waals surface area contributed by atoms with E-state index in [-0.39, 0.29) is 5.54 Å². The molecular formula is C14H21N3O2S. The summed E-state index contributed by atoms with van der Waals surface area (Å²) in [5.41, 5.74) is 2.00. The highest BCUT2D eigenvalue weighted by Gasteiger charge is 2.36. The first-order valence-electron chi connectivity index (χ1n) is 7.05. The van der Waals surface area contributed by atoms with Gasteiger partial charge in [-0.2, -0.15) is 17.4 Å². The molecule has 0 radical (unpaired) electrons. The molecule has 2 N–H and O–H groups in total. The summed E-state index contributed by atoms with van der Waals surface area (Å²) in [4.78, 5) is 0. The second-order valence-electron chi connectivity index (χ2n) is 5.95. The minimum atomic E-state index is -3.42. The molecule has 0 bridgehead atoms. The van der Waals surface area contributed by atoms with E-state index in [2.05, 4.69) is 16.1 Å². The molecule has 0 amide bonds. The standard InChI is InChI=1S/C14H21N3O2S/c1-14(7-8-15-11-14)16-20(18,19)17-9-6-12-4-2-3-5-13(12)10-17/h2-5,15-16H,6-11H2,1H3. The highest BCUT2D eigenvalue weighted by Crippen LogP contribution is 2.22. The van der Waals surface area contributed by atoms with Gasteiger partial charge < -0.3 is 5.32 Å². The van der Waals surface area contributed by atoms with Crippen molar-refractivity contribution in [3.63, 3.8) is 0 Å². The van der Waals surface area contributed by atoms with Crippen LogP contribution in [0.2, 0.25) is 0 Å². The summed E-state index contributed by atoms with van der Waals surface area (Å²) in [5, 5.41) is 3.21. The van der Waals surface area contributed by atoms with Crippen LogP contribution in [0.4, 0.5) is 0 Å². The lowest BCUT2D eigenvalue weighted by molar-refractivity contribution is 0.361. The van der Waals surface area contributed by atoms with Crippen molar-refractivity contribution in [1.82, 2.24) is 14.3 Å². The predicted molar refractivity (Wildman–Crippen MR) is 78.5 cm³/mol. The van der Waals surface area contributed by atoms with Crippen LogP contribution in [-0.2, 0) is 23.2 Å². The minimum Gasteiger partial charge on any atom is -0.315 e. The molecule has 110 valence electrons. The second-order valence-corrected chi connectivity index (χ2v) is 7.62. The van der Waals surface area contributed by atoms with Crippen LogP contribution >= 0.6 is 0 Å². The van der Waals surface area contributed by atoms with Crippen molar-refractivity contribution in [3.05, 3.63) is 35.4 Å². The molecule has 1 atom stereocenters. The summed E-state index contributed by atoms with van der Waals surface area (Å²) in [7, 11) is -3.42. The molecule has 6 heteroatoms. The lowest BCUT2D eigenvalue weighted by Crippen LogP contribution is -2.53. The van der Waals surface area contributed by atoms with Crippen LogP contribution in [0.25, 0.3) is 0 Å². The normalized spacial score (nSPS) is 27.4. The monoisotopic (exact) mass is 295 g/mol. The van der Waals surface area contributed by atoms with Crippen LogP contribution < -0.4 is 10.0 Å². The van der Waals surface area contributed by atoms with Crippen LogP contribution in [0, 0.1) is 0 Å². The van der Waals surface area contributed by atoms with E-state index < -0.39 is 10.2 Å². The van der Waals surface area contributed by atoms with E-state index in [1.54, 1.807) is 4.31 Å². The third kappa shape index (κ3) is 2.74. The Balaban J connectivity index is 1.76. The lowest BCUT2D eigenvalue weighted by Gasteiger charge is -2.32. The highest BCUT2D eigenvalue weighted by atomic mass is 32.2. The van der Waals surface area contributed by atoms with Gasteiger partial charge in [-0.3, -0.25) is 0 Å². The largest absolute Gasteiger partial charge is 0.315 e. The smallest absolute Gasteiger partial charge is 0.280 e. The van der Waals surface area contributed by atoms with Crippen LogP contribution in [0.3, 0.4) is 0 Å². The third-order valence-corrected chi connectivity index (χ3v) is 5.92. The topological polar surface area (TPSA) is 61.4 Å². The summed E-state index contributed by atoms with van der Waals surface area (Å²) < 4.78 is 29.5. The van der Waals surface area contributed by atoms with Crippen molar-refractivity contribution in [1.29, 1.82) is 0 Å². The Morgan fingerprint density at radius 3 is 2.75 bits per heavy atom. The van der Waals surface area contributed by atoms with E-state index in [1.807, 2.05) is 25.1 Å². The SMILES string of the molecule is CC1(NS(=O)(=O)N2CCc3ccccc3C2)CCNC1. The molecule has 3 rings (SSSR count). The molecule has 0 aliphatic carbocycles. The van der Waals surface area contributed by atoms with E-state index in [1.165, 1.54) is 5.56 Å². The fourth-order valence-electron chi connectivity index (χ4n) is 2.95. The van der Waals surface area contributed by atoms with Gasteiger partial charge in [0.1, 0.15) is 0 Å². The molecule has 1 fully saturated rings. The Kier molecular flexibility index (Phi) is 3.58. The molecule has 2 aliphatic rings. The van der Waals surface area contributed by atoms with Crippen molar-refractivity contribution in [2.75, 3.05) is 19.6 Å². The first-order valence-corrected chi connectivity index (χ1v) is 8.49. The first kappa shape index (κ1) is 14.0. The number of nitrogens with zero attached hydrogens (tertiary/aromatic N) is 1. The van der Waals surface area contributed by atoms with E-state index in [0.29, 0.717) is 19.6 Å². The molecule has 1 aromatic carbocycles. The minimum absolute atomic E-state index is 0.365. The van der Waals surface area contributed by atoms with Gasteiger partial charge >= 0.3 is 0 Å². The van der Waals surface area contributed by atoms with Gasteiger partial charge in [0.25, 0.3) is 10.2 Å². The van der Waals surface area contributed by atoms with Crippen LogP contribution in [0.1, 0.15) is 24.5 Å². The van der Waals surface area contributed by atoms with E-state index in [9.17, 15) is 8.42 Å². The zero-order chi connectivity index (χ0) is 14.2. The fourth-order valence-corrected chi connectivity index (χ4v) is 4.52. The Labute approximate surface area is 120 Å². The summed E-state index contributed by atoms with van der Waals surface area (Å²) in [5.74, 6) is 0. The number of benzene rings is 1. The second kappa shape index (κ2) is 5.11. The van der Waals surface area contributed by atoms with Crippen molar-refractivity contribution >= 4 is 10.2 Å². The van der Waals surface area contributed by atoms with Crippen molar-refractivity contribution in [2.45, 2.75) is 31.8 Å². The van der Waals surface area contributed by atoms with Gasteiger partial charge in [-0.05, 0) is 37.4 Å². The Morgan fingerprint density at radius 2 is 2.05 bits per heavy atom. The van der Waals surface area contributed by atoms with Gasteiger partial charge in [-0.25, -0.2) is 0 Å². The Bertz CT molecular complexity index is 594. The molecule has 1 unspecified atom stereocenters. The number of hydrogen-bond acceptors (Lipinski definition) is 3. The molecule has 0 aromatic heterocycles. The summed E-state index contributed by atoms with van der Waals surface area (Å²) in [6, 6.07) is 8.06. The van der Waals surface area contributed by atoms with Gasteiger partial charge in [-0.1, -0.05) is 24.3 Å². The molecule has 0 saturated carbocycles. The van der Waals surface area contributed by atoms with E-state index in [0.717, 1.165) is 24.9 Å². The van der Waals surface area contributed by atoms with Crippen LogP contribution in [0.15, 0.2) is 24.3 Å². The van der Waals surface area contributed by atoms with Gasteiger partial charge in [0.15, 0.2) is 0 Å². The Morgan fingerprint density at radius 1 is 1.30 bits per heavy atom. The van der Waals surface area contributed by atoms with Gasteiger partial charge in [-0.15, -0.1) is 0 Å². The van der Waals surface area contributed by atoms with Crippen molar-refractivity contribution < 1.29 is 8.42 Å². The van der Waals surface area contributed by atoms with Gasteiger partial charge in [0.05, 0.1) is 0 Å².